The molecule has 1 aromatic carbocycles. The molecule has 0 fully saturated rings. The molecular formula is C13H14ClN3. The van der Waals surface area contributed by atoms with E-state index in [1.807, 2.05) is 24.3 Å². The molecular weight excluding hydrogens is 234 g/mol. The van der Waals surface area contributed by atoms with Gasteiger partial charge in [-0.3, -0.25) is 0 Å². The molecule has 2 aromatic rings. The van der Waals surface area contributed by atoms with Crippen LogP contribution >= 0.6 is 11.6 Å². The summed E-state index contributed by atoms with van der Waals surface area (Å²) >= 11 is 5.87. The van der Waals surface area contributed by atoms with Crippen LogP contribution in [0.15, 0.2) is 24.3 Å². The summed E-state index contributed by atoms with van der Waals surface area (Å²) in [7, 11) is 0. The maximum absolute atomic E-state index is 5.95. The van der Waals surface area contributed by atoms with Gasteiger partial charge in [0, 0.05) is 28.7 Å². The van der Waals surface area contributed by atoms with Gasteiger partial charge < -0.3 is 10.7 Å². The van der Waals surface area contributed by atoms with Crippen LogP contribution in [0.4, 0.5) is 0 Å². The van der Waals surface area contributed by atoms with E-state index in [1.54, 1.807) is 0 Å². The summed E-state index contributed by atoms with van der Waals surface area (Å²) in [5, 5.41) is 0.743. The normalized spacial score (nSPS) is 19.1. The Bertz CT molecular complexity index is 530. The first kappa shape index (κ1) is 10.8. The highest BCUT2D eigenvalue weighted by atomic mass is 35.5. The quantitative estimate of drug-likeness (QED) is 0.814. The molecule has 1 atom stereocenters. The maximum Gasteiger partial charge on any atom is 0.137 e. The lowest BCUT2D eigenvalue weighted by Crippen LogP contribution is -2.27. The number of aromatic amines is 1. The van der Waals surface area contributed by atoms with Gasteiger partial charge in [0.2, 0.25) is 0 Å². The minimum atomic E-state index is 0.265. The molecule has 0 saturated carbocycles. The molecule has 0 aliphatic heterocycles. The van der Waals surface area contributed by atoms with Crippen LogP contribution in [-0.4, -0.2) is 16.0 Å². The highest BCUT2D eigenvalue weighted by Gasteiger charge is 2.19. The van der Waals surface area contributed by atoms with Crippen molar-refractivity contribution in [3.63, 3.8) is 0 Å². The largest absolute Gasteiger partial charge is 0.342 e. The number of benzene rings is 1. The number of aromatic nitrogens is 2. The molecule has 4 heteroatoms. The number of nitrogens with zero attached hydrogens (tertiary/aromatic N) is 1. The average Bonchev–Trinajstić information content (AvgIpc) is 2.72. The van der Waals surface area contributed by atoms with E-state index < -0.39 is 0 Å². The topological polar surface area (TPSA) is 54.7 Å². The lowest BCUT2D eigenvalue weighted by molar-refractivity contribution is 0.565. The van der Waals surface area contributed by atoms with E-state index in [-0.39, 0.29) is 6.04 Å². The maximum atomic E-state index is 5.95. The smallest absolute Gasteiger partial charge is 0.137 e. The number of fused-ring (bicyclic) bond motifs is 1. The predicted octanol–water partition coefficient (Wildman–Crippen LogP) is 2.55. The second-order valence-electron chi connectivity index (χ2n) is 4.52. The molecule has 1 unspecified atom stereocenters. The van der Waals surface area contributed by atoms with Gasteiger partial charge in [0.1, 0.15) is 5.82 Å². The highest BCUT2D eigenvalue weighted by Crippen LogP contribution is 2.24. The van der Waals surface area contributed by atoms with Gasteiger partial charge >= 0.3 is 0 Å². The zero-order chi connectivity index (χ0) is 11.8. The SMILES string of the molecule is NC1CCc2nc(-c3ccc(Cl)cc3)[nH]c2C1. The summed E-state index contributed by atoms with van der Waals surface area (Å²) in [5.74, 6) is 0.917. The standard InChI is InChI=1S/C13H14ClN3/c14-9-3-1-8(2-4-9)13-16-11-6-5-10(15)7-12(11)17-13/h1-4,10H,5-7,15H2,(H,16,17). The third-order valence-electron chi connectivity index (χ3n) is 3.20. The molecule has 17 heavy (non-hydrogen) atoms. The van der Waals surface area contributed by atoms with Crippen LogP contribution in [0.5, 0.6) is 0 Å². The third kappa shape index (κ3) is 2.08. The molecule has 0 spiro atoms. The van der Waals surface area contributed by atoms with Crippen LogP contribution in [0.25, 0.3) is 11.4 Å². The summed E-state index contributed by atoms with van der Waals surface area (Å²) in [4.78, 5) is 8.00. The minimum absolute atomic E-state index is 0.265. The van der Waals surface area contributed by atoms with Gasteiger partial charge in [0.25, 0.3) is 0 Å². The zero-order valence-corrected chi connectivity index (χ0v) is 10.2. The first-order chi connectivity index (χ1) is 8.22. The molecule has 88 valence electrons. The Morgan fingerprint density at radius 1 is 1.29 bits per heavy atom. The van der Waals surface area contributed by atoms with E-state index in [9.17, 15) is 0 Å². The lowest BCUT2D eigenvalue weighted by Gasteiger charge is -2.15. The van der Waals surface area contributed by atoms with Crippen molar-refractivity contribution in [1.29, 1.82) is 0 Å². The van der Waals surface area contributed by atoms with Crippen LogP contribution in [0.2, 0.25) is 5.02 Å². The second-order valence-corrected chi connectivity index (χ2v) is 4.96. The zero-order valence-electron chi connectivity index (χ0n) is 9.41. The van der Waals surface area contributed by atoms with Crippen LogP contribution in [0.1, 0.15) is 17.8 Å². The van der Waals surface area contributed by atoms with Crippen molar-refractivity contribution < 1.29 is 0 Å². The van der Waals surface area contributed by atoms with Gasteiger partial charge in [-0.25, -0.2) is 4.98 Å². The van der Waals surface area contributed by atoms with E-state index >= 15 is 0 Å². The first-order valence-electron chi connectivity index (χ1n) is 5.81. The van der Waals surface area contributed by atoms with Gasteiger partial charge in [0.05, 0.1) is 5.69 Å². The van der Waals surface area contributed by atoms with Crippen molar-refractivity contribution in [2.75, 3.05) is 0 Å². The number of nitrogens with one attached hydrogen (secondary N) is 1. The molecule has 3 nitrogen and oxygen atoms in total. The lowest BCUT2D eigenvalue weighted by atomic mass is 9.97. The number of H-pyrrole nitrogens is 1. The fraction of sp³-hybridized carbons (Fsp3) is 0.308. The third-order valence-corrected chi connectivity index (χ3v) is 3.45. The van der Waals surface area contributed by atoms with Crippen LogP contribution in [0, 0.1) is 0 Å². The van der Waals surface area contributed by atoms with Crippen molar-refractivity contribution in [3.8, 4) is 11.4 Å². The molecule has 0 saturated heterocycles. The van der Waals surface area contributed by atoms with Gasteiger partial charge in [0.15, 0.2) is 0 Å². The molecule has 3 rings (SSSR count). The minimum Gasteiger partial charge on any atom is -0.342 e. The van der Waals surface area contributed by atoms with E-state index in [0.717, 1.165) is 41.4 Å². The molecule has 3 N–H and O–H groups in total. The Labute approximate surface area is 105 Å². The predicted molar refractivity (Wildman–Crippen MR) is 69.0 cm³/mol. The Kier molecular flexibility index (Phi) is 2.65. The van der Waals surface area contributed by atoms with Gasteiger partial charge in [-0.1, -0.05) is 11.6 Å². The summed E-state index contributed by atoms with van der Waals surface area (Å²) in [6, 6.07) is 7.98. The van der Waals surface area contributed by atoms with Crippen LogP contribution in [-0.2, 0) is 12.8 Å². The average molecular weight is 248 g/mol. The van der Waals surface area contributed by atoms with Crippen LogP contribution < -0.4 is 5.73 Å². The van der Waals surface area contributed by atoms with E-state index in [1.165, 1.54) is 5.69 Å². The Hall–Kier alpha value is -1.32. The number of imidazole rings is 1. The molecule has 1 heterocycles. The van der Waals surface area contributed by atoms with E-state index in [4.69, 9.17) is 17.3 Å². The van der Waals surface area contributed by atoms with Crippen molar-refractivity contribution >= 4 is 11.6 Å². The summed E-state index contributed by atoms with van der Waals surface area (Å²) < 4.78 is 0. The number of hydrogen-bond acceptors (Lipinski definition) is 2. The number of halogens is 1. The molecule has 1 aliphatic rings. The number of aryl methyl sites for hydroxylation is 1. The second kappa shape index (κ2) is 4.17. The Morgan fingerprint density at radius 3 is 2.82 bits per heavy atom. The number of hydrogen-bond donors (Lipinski definition) is 2. The summed E-state index contributed by atoms with van der Waals surface area (Å²) in [5.41, 5.74) is 9.37. The molecule has 0 amide bonds. The molecule has 1 aromatic heterocycles. The van der Waals surface area contributed by atoms with Crippen molar-refractivity contribution in [3.05, 3.63) is 40.7 Å². The Morgan fingerprint density at radius 2 is 2.06 bits per heavy atom. The fourth-order valence-electron chi connectivity index (χ4n) is 2.25. The fourth-order valence-corrected chi connectivity index (χ4v) is 2.38. The van der Waals surface area contributed by atoms with Crippen molar-refractivity contribution in [2.45, 2.75) is 25.3 Å². The number of nitrogens with two attached hydrogens (primary N) is 1. The van der Waals surface area contributed by atoms with Gasteiger partial charge in [-0.05, 0) is 37.1 Å². The van der Waals surface area contributed by atoms with Crippen LogP contribution in [0.3, 0.4) is 0 Å². The molecule has 1 aliphatic carbocycles. The van der Waals surface area contributed by atoms with Gasteiger partial charge in [-0.2, -0.15) is 0 Å². The Balaban J connectivity index is 1.97. The monoisotopic (exact) mass is 247 g/mol. The van der Waals surface area contributed by atoms with E-state index in [2.05, 4.69) is 9.97 Å². The van der Waals surface area contributed by atoms with Crippen molar-refractivity contribution in [1.82, 2.24) is 9.97 Å². The molecule has 0 radical (unpaired) electrons. The number of rotatable bonds is 1. The van der Waals surface area contributed by atoms with E-state index in [0.29, 0.717) is 0 Å². The van der Waals surface area contributed by atoms with Crippen molar-refractivity contribution in [2.24, 2.45) is 5.73 Å². The molecule has 0 bridgehead atoms. The summed E-state index contributed by atoms with van der Waals surface area (Å²) in [6.07, 6.45) is 2.90. The summed E-state index contributed by atoms with van der Waals surface area (Å²) in [6.45, 7) is 0. The van der Waals surface area contributed by atoms with Gasteiger partial charge in [-0.15, -0.1) is 0 Å². The highest BCUT2D eigenvalue weighted by molar-refractivity contribution is 6.30. The first-order valence-corrected chi connectivity index (χ1v) is 6.19.